The zero-order valence-electron chi connectivity index (χ0n) is 35.7. The van der Waals surface area contributed by atoms with Gasteiger partial charge in [-0.25, -0.2) is 14.8 Å². The topological polar surface area (TPSA) is 285 Å². The van der Waals surface area contributed by atoms with Gasteiger partial charge in [-0.05, 0) is 80.1 Å². The highest BCUT2D eigenvalue weighted by Gasteiger charge is 2.43. The lowest BCUT2D eigenvalue weighted by Gasteiger charge is -2.27. The van der Waals surface area contributed by atoms with Crippen molar-refractivity contribution in [2.24, 2.45) is 4.99 Å². The molecule has 0 aliphatic carbocycles. The Balaban J connectivity index is 1.27. The average Bonchev–Trinajstić information content (AvgIpc) is 3.72. The fourth-order valence-corrected chi connectivity index (χ4v) is 8.99. The van der Waals surface area contributed by atoms with Gasteiger partial charge >= 0.3 is 11.8 Å². The second kappa shape index (κ2) is 19.9. The van der Waals surface area contributed by atoms with Crippen LogP contribution in [-0.2, 0) is 71.8 Å². The molecule has 0 bridgehead atoms. The van der Waals surface area contributed by atoms with Gasteiger partial charge in [0.1, 0.15) is 6.20 Å². The number of hydroxylamine groups is 3. The first-order chi connectivity index (χ1) is 29.8. The van der Waals surface area contributed by atoms with Crippen LogP contribution in [0.1, 0.15) is 101 Å². The van der Waals surface area contributed by atoms with E-state index in [9.17, 15) is 58.1 Å². The van der Waals surface area contributed by atoms with Crippen molar-refractivity contribution < 1.29 is 72.3 Å². The van der Waals surface area contributed by atoms with Gasteiger partial charge in [-0.2, -0.15) is 25.3 Å². The number of amides is 3. The second-order valence-corrected chi connectivity index (χ2v) is 21.0. The quantitative estimate of drug-likeness (QED) is 0.0346. The van der Waals surface area contributed by atoms with Crippen molar-refractivity contribution in [2.45, 2.75) is 101 Å². The number of carbonyl (C=O) groups excluding carboxylic acids is 4. The maximum Gasteiger partial charge on any atom is 0.333 e. The van der Waals surface area contributed by atoms with Crippen LogP contribution in [0.15, 0.2) is 76.4 Å². The maximum absolute atomic E-state index is 13.3. The van der Waals surface area contributed by atoms with E-state index >= 15 is 0 Å². The van der Waals surface area contributed by atoms with Gasteiger partial charge in [-0.15, -0.1) is 5.06 Å². The number of unbranched alkanes of at least 4 members (excludes halogenated alkanes) is 2. The van der Waals surface area contributed by atoms with Crippen molar-refractivity contribution in [2.75, 3.05) is 29.6 Å². The highest BCUT2D eigenvalue weighted by Crippen LogP contribution is 2.48. The number of aromatic nitrogens is 1. The molecule has 2 aromatic rings. The SMILES string of the molecule is CC1(C)C(/C=C/C=C/C=C2/N(CCCS(=O)(=O)O)c3ccc(S(=O)(=O)O)cc3C2(C)C)=Nc2c1cc(C(=O)NOCCCCCC(=O)ON1C(=O)CCC1=O)c[n+]2CCCS(=O)(=O)O. The van der Waals surface area contributed by atoms with Crippen LogP contribution in [0.4, 0.5) is 11.5 Å². The van der Waals surface area contributed by atoms with E-state index in [0.717, 1.165) is 0 Å². The number of aliphatic imine (C=N–C) groups is 1. The van der Waals surface area contributed by atoms with Crippen molar-refractivity contribution in [1.82, 2.24) is 10.5 Å². The monoisotopic (exact) mass is 950 g/mol. The van der Waals surface area contributed by atoms with Gasteiger partial charge in [0.2, 0.25) is 0 Å². The molecule has 64 heavy (non-hydrogen) atoms. The molecule has 1 fully saturated rings. The summed E-state index contributed by atoms with van der Waals surface area (Å²) in [6.07, 6.45) is 11.7. The molecule has 0 atom stereocenters. The molecule has 5 rings (SSSR count). The number of pyridine rings is 1. The predicted octanol–water partition coefficient (Wildman–Crippen LogP) is 3.76. The third kappa shape index (κ3) is 12.5. The lowest BCUT2D eigenvalue weighted by atomic mass is 9.81. The summed E-state index contributed by atoms with van der Waals surface area (Å²) in [6, 6.07) is 5.82. The van der Waals surface area contributed by atoms with Crippen LogP contribution in [-0.4, -0.2) is 98.0 Å². The Hall–Kier alpha value is -5.17. The van der Waals surface area contributed by atoms with Gasteiger partial charge in [-0.1, -0.05) is 38.5 Å². The molecule has 1 aromatic heterocycles. The molecule has 4 heterocycles. The minimum absolute atomic E-state index is 0.000785. The van der Waals surface area contributed by atoms with Crippen LogP contribution in [0, 0.1) is 0 Å². The molecule has 1 aromatic carbocycles. The standard InChI is InChI=1S/C41H51N5O15S3/c1-40(2)31-25-28(39(50)43-60-22-10-6-9-15-37(49)61-46-35(47)18-19-36(46)48)27-44(20-11-23-62(51,52)53)38(31)42-33(40)13-7-5-8-14-34-41(3,4)30-26-29(64(57,58)59)16-17-32(30)45(34)21-12-24-63(54,55)56/h5,7-8,13-14,16-17,25-27H,6,9-12,15,18-24H2,1-4H3,(H3-,43,50,51,52,53,54,55,56,57,58,59)/p+1. The highest BCUT2D eigenvalue weighted by atomic mass is 32.2. The van der Waals surface area contributed by atoms with Gasteiger partial charge < -0.3 is 9.74 Å². The summed E-state index contributed by atoms with van der Waals surface area (Å²) in [5.41, 5.74) is 4.16. The molecule has 20 nitrogen and oxygen atoms in total. The number of nitrogens with zero attached hydrogens (tertiary/aromatic N) is 4. The number of aryl methyl sites for hydroxylation is 1. The van der Waals surface area contributed by atoms with Crippen LogP contribution in [0.2, 0.25) is 0 Å². The van der Waals surface area contributed by atoms with E-state index in [1.54, 1.807) is 41.0 Å². The molecular formula is C41H52N5O15S3+. The lowest BCUT2D eigenvalue weighted by molar-refractivity contribution is -0.684. The Morgan fingerprint density at radius 1 is 0.844 bits per heavy atom. The molecule has 3 amide bonds. The number of imide groups is 1. The molecule has 0 saturated carbocycles. The van der Waals surface area contributed by atoms with Gasteiger partial charge in [0.05, 0.1) is 46.1 Å². The fraction of sp³-hybridized carbons (Fsp3) is 0.463. The number of hydrogen-bond acceptors (Lipinski definition) is 14. The summed E-state index contributed by atoms with van der Waals surface area (Å²) < 4.78 is 100. The van der Waals surface area contributed by atoms with Crippen LogP contribution in [0.25, 0.3) is 0 Å². The predicted molar refractivity (Wildman–Crippen MR) is 231 cm³/mol. The van der Waals surface area contributed by atoms with Crippen molar-refractivity contribution >= 4 is 71.3 Å². The van der Waals surface area contributed by atoms with E-state index in [4.69, 9.17) is 14.7 Å². The molecule has 0 spiro atoms. The summed E-state index contributed by atoms with van der Waals surface area (Å²) in [4.78, 5) is 65.2. The molecule has 3 aliphatic rings. The number of allylic oxidation sites excluding steroid dienone is 6. The van der Waals surface area contributed by atoms with E-state index in [2.05, 4.69) is 5.48 Å². The highest BCUT2D eigenvalue weighted by molar-refractivity contribution is 7.86. The van der Waals surface area contributed by atoms with Crippen molar-refractivity contribution in [3.8, 4) is 0 Å². The van der Waals surface area contributed by atoms with Gasteiger partial charge in [-0.3, -0.25) is 32.9 Å². The van der Waals surface area contributed by atoms with E-state index in [0.29, 0.717) is 58.4 Å². The summed E-state index contributed by atoms with van der Waals surface area (Å²) in [7, 11) is -13.0. The second-order valence-electron chi connectivity index (χ2n) is 16.4. The number of carbonyl (C=O) groups is 4. The zero-order chi connectivity index (χ0) is 47.3. The minimum Gasteiger partial charge on any atom is -0.344 e. The fourth-order valence-electron chi connectivity index (χ4n) is 7.49. The largest absolute Gasteiger partial charge is 0.344 e. The van der Waals surface area contributed by atoms with Crippen LogP contribution in [0.5, 0.6) is 0 Å². The molecule has 3 aliphatic heterocycles. The van der Waals surface area contributed by atoms with E-state index in [1.165, 1.54) is 24.4 Å². The summed E-state index contributed by atoms with van der Waals surface area (Å²) in [6.45, 7) is 7.86. The van der Waals surface area contributed by atoms with Crippen molar-refractivity contribution in [3.05, 3.63) is 83.2 Å². The number of fused-ring (bicyclic) bond motifs is 2. The summed E-state index contributed by atoms with van der Waals surface area (Å²) >= 11 is 0. The van der Waals surface area contributed by atoms with Crippen molar-refractivity contribution in [1.29, 1.82) is 0 Å². The molecule has 4 N–H and O–H groups in total. The van der Waals surface area contributed by atoms with Gasteiger partial charge in [0.15, 0.2) is 5.71 Å². The number of anilines is 1. The molecule has 0 unspecified atom stereocenters. The van der Waals surface area contributed by atoms with Crippen LogP contribution in [0.3, 0.4) is 0 Å². The first-order valence-electron chi connectivity index (χ1n) is 20.3. The van der Waals surface area contributed by atoms with Gasteiger partial charge in [0.25, 0.3) is 48.1 Å². The normalized spacial score (nSPS) is 17.7. The Morgan fingerprint density at radius 3 is 2.17 bits per heavy atom. The molecule has 348 valence electrons. The third-order valence-electron chi connectivity index (χ3n) is 10.9. The van der Waals surface area contributed by atoms with Crippen LogP contribution < -0.4 is 14.9 Å². The number of hydrogen-bond donors (Lipinski definition) is 4. The first kappa shape index (κ1) is 49.8. The first-order valence-corrected chi connectivity index (χ1v) is 25.0. The summed E-state index contributed by atoms with van der Waals surface area (Å²) in [5.74, 6) is -2.97. The van der Waals surface area contributed by atoms with Crippen molar-refractivity contribution in [3.63, 3.8) is 0 Å². The molecule has 23 heteroatoms. The Morgan fingerprint density at radius 2 is 1.52 bits per heavy atom. The average molecular weight is 951 g/mol. The lowest BCUT2D eigenvalue weighted by Crippen LogP contribution is -2.38. The van der Waals surface area contributed by atoms with E-state index in [-0.39, 0.29) is 62.3 Å². The number of benzene rings is 1. The van der Waals surface area contributed by atoms with E-state index in [1.807, 2.05) is 32.6 Å². The summed E-state index contributed by atoms with van der Waals surface area (Å²) in [5, 5.41) is 0.494. The zero-order valence-corrected chi connectivity index (χ0v) is 38.2. The molecule has 1 saturated heterocycles. The third-order valence-corrected chi connectivity index (χ3v) is 13.3. The van der Waals surface area contributed by atoms with E-state index < -0.39 is 76.4 Å². The Labute approximate surface area is 371 Å². The Bertz CT molecular complexity index is 2640. The molecular weight excluding hydrogens is 899 g/mol. The molecule has 0 radical (unpaired) electrons. The van der Waals surface area contributed by atoms with Crippen LogP contribution >= 0.6 is 0 Å². The smallest absolute Gasteiger partial charge is 0.333 e. The van der Waals surface area contributed by atoms with Gasteiger partial charge in [0, 0.05) is 49.0 Å². The minimum atomic E-state index is -4.51. The Kier molecular flexibility index (Phi) is 15.5. The number of nitrogens with one attached hydrogen (secondary N) is 1. The number of rotatable bonds is 21. The maximum atomic E-state index is 13.3.